The van der Waals surface area contributed by atoms with Crippen LogP contribution in [0.25, 0.3) is 0 Å². The van der Waals surface area contributed by atoms with E-state index >= 15 is 0 Å². The fourth-order valence-electron chi connectivity index (χ4n) is 3.33. The molecule has 2 amide bonds. The molecule has 0 aliphatic carbocycles. The van der Waals surface area contributed by atoms with Gasteiger partial charge in [0.1, 0.15) is 0 Å². The molecule has 1 N–H and O–H groups in total. The van der Waals surface area contributed by atoms with E-state index in [0.717, 1.165) is 22.4 Å². The van der Waals surface area contributed by atoms with E-state index in [4.69, 9.17) is 0 Å². The molecular weight excluding hydrogens is 386 g/mol. The fraction of sp³-hybridized carbons (Fsp3) is 0.269. The molecule has 3 rings (SSSR count). The van der Waals surface area contributed by atoms with Gasteiger partial charge < -0.3 is 10.2 Å². The van der Waals surface area contributed by atoms with Crippen LogP contribution in [0.1, 0.15) is 37.0 Å². The number of carbonyl (C=O) groups excluding carboxylic acids is 2. The number of anilines is 1. The quantitative estimate of drug-likeness (QED) is 0.559. The second-order valence-corrected chi connectivity index (χ2v) is 8.04. The first-order valence-corrected chi connectivity index (χ1v) is 10.6. The Morgan fingerprint density at radius 2 is 1.61 bits per heavy atom. The normalized spacial score (nSPS) is 10.7. The molecule has 1 aromatic heterocycles. The third-order valence-corrected chi connectivity index (χ3v) is 4.89. The number of carbonyl (C=O) groups is 2. The van der Waals surface area contributed by atoms with Crippen LogP contribution in [-0.2, 0) is 29.1 Å². The van der Waals surface area contributed by atoms with Crippen LogP contribution >= 0.6 is 0 Å². The highest BCUT2D eigenvalue weighted by atomic mass is 16.2. The maximum Gasteiger partial charge on any atom is 0.227 e. The van der Waals surface area contributed by atoms with Crippen molar-refractivity contribution in [3.8, 4) is 0 Å². The standard InChI is InChI=1S/C26H29N3O2/c1-20(2)15-26(31)29(19-22-7-4-3-5-8-22)24-10-6-9-23(16-24)17-25(30)28-18-21-11-13-27-14-12-21/h3-14,16,20H,15,17-19H2,1-2H3,(H,28,30). The molecule has 5 nitrogen and oxygen atoms in total. The Balaban J connectivity index is 1.72. The van der Waals surface area contributed by atoms with E-state index in [1.54, 1.807) is 12.4 Å². The van der Waals surface area contributed by atoms with E-state index in [0.29, 0.717) is 19.5 Å². The topological polar surface area (TPSA) is 62.3 Å². The first-order valence-electron chi connectivity index (χ1n) is 10.6. The van der Waals surface area contributed by atoms with Gasteiger partial charge in [0.2, 0.25) is 11.8 Å². The summed E-state index contributed by atoms with van der Waals surface area (Å²) in [5, 5.41) is 2.94. The van der Waals surface area contributed by atoms with Gasteiger partial charge in [-0.3, -0.25) is 14.6 Å². The van der Waals surface area contributed by atoms with Crippen LogP contribution in [0.4, 0.5) is 5.69 Å². The molecule has 0 fully saturated rings. The molecular formula is C26H29N3O2. The first kappa shape index (κ1) is 22.2. The van der Waals surface area contributed by atoms with Gasteiger partial charge in [-0.05, 0) is 46.9 Å². The molecule has 0 radical (unpaired) electrons. The zero-order chi connectivity index (χ0) is 22.1. The number of amides is 2. The predicted octanol–water partition coefficient (Wildman–Crippen LogP) is 4.52. The summed E-state index contributed by atoms with van der Waals surface area (Å²) in [5.41, 5.74) is 3.76. The average molecular weight is 416 g/mol. The van der Waals surface area contributed by atoms with E-state index in [2.05, 4.69) is 10.3 Å². The second kappa shape index (κ2) is 11.1. The summed E-state index contributed by atoms with van der Waals surface area (Å²) in [7, 11) is 0. The maximum absolute atomic E-state index is 13.0. The number of nitrogens with one attached hydrogen (secondary N) is 1. The lowest BCUT2D eigenvalue weighted by Crippen LogP contribution is -2.31. The van der Waals surface area contributed by atoms with E-state index in [1.165, 1.54) is 0 Å². The zero-order valence-electron chi connectivity index (χ0n) is 18.1. The van der Waals surface area contributed by atoms with E-state index in [1.807, 2.05) is 85.5 Å². The first-order chi connectivity index (χ1) is 15.0. The highest BCUT2D eigenvalue weighted by molar-refractivity contribution is 5.93. The molecule has 0 saturated carbocycles. The minimum atomic E-state index is -0.0583. The van der Waals surface area contributed by atoms with Gasteiger partial charge >= 0.3 is 0 Å². The van der Waals surface area contributed by atoms with E-state index in [9.17, 15) is 9.59 Å². The molecule has 0 unspecified atom stereocenters. The van der Waals surface area contributed by atoms with Crippen LogP contribution in [0.3, 0.4) is 0 Å². The van der Waals surface area contributed by atoms with Crippen molar-refractivity contribution in [2.24, 2.45) is 5.92 Å². The van der Waals surface area contributed by atoms with Crippen molar-refractivity contribution in [2.75, 3.05) is 4.90 Å². The Kier molecular flexibility index (Phi) is 7.93. The average Bonchev–Trinajstić information content (AvgIpc) is 2.77. The molecule has 3 aromatic rings. The van der Waals surface area contributed by atoms with E-state index in [-0.39, 0.29) is 24.2 Å². The third-order valence-electron chi connectivity index (χ3n) is 4.89. The largest absolute Gasteiger partial charge is 0.352 e. The number of pyridine rings is 1. The van der Waals surface area contributed by atoms with Crippen LogP contribution in [0.5, 0.6) is 0 Å². The van der Waals surface area contributed by atoms with Gasteiger partial charge in [0.25, 0.3) is 0 Å². The van der Waals surface area contributed by atoms with Crippen LogP contribution in [0.15, 0.2) is 79.1 Å². The van der Waals surface area contributed by atoms with Crippen LogP contribution in [0.2, 0.25) is 0 Å². The fourth-order valence-corrected chi connectivity index (χ4v) is 3.33. The van der Waals surface area contributed by atoms with Crippen molar-refractivity contribution in [3.63, 3.8) is 0 Å². The minimum absolute atomic E-state index is 0.0583. The van der Waals surface area contributed by atoms with Crippen LogP contribution in [0, 0.1) is 5.92 Å². The summed E-state index contributed by atoms with van der Waals surface area (Å²) < 4.78 is 0. The molecule has 0 saturated heterocycles. The van der Waals surface area contributed by atoms with Crippen molar-refractivity contribution in [2.45, 2.75) is 39.8 Å². The Labute approximate surface area is 184 Å². The Bertz CT molecular complexity index is 988. The molecule has 0 aliphatic rings. The summed E-state index contributed by atoms with van der Waals surface area (Å²) in [6.07, 6.45) is 4.15. The van der Waals surface area contributed by atoms with Gasteiger partial charge in [0, 0.05) is 31.0 Å². The Hall–Kier alpha value is -3.47. The number of benzene rings is 2. The van der Waals surface area contributed by atoms with Crippen molar-refractivity contribution < 1.29 is 9.59 Å². The molecule has 0 bridgehead atoms. The number of hydrogen-bond donors (Lipinski definition) is 1. The van der Waals surface area contributed by atoms with Crippen molar-refractivity contribution in [1.82, 2.24) is 10.3 Å². The molecule has 31 heavy (non-hydrogen) atoms. The predicted molar refractivity (Wildman–Crippen MR) is 123 cm³/mol. The Morgan fingerprint density at radius 3 is 2.32 bits per heavy atom. The van der Waals surface area contributed by atoms with Crippen molar-refractivity contribution in [1.29, 1.82) is 0 Å². The van der Waals surface area contributed by atoms with Gasteiger partial charge in [0.15, 0.2) is 0 Å². The lowest BCUT2D eigenvalue weighted by atomic mass is 10.1. The third kappa shape index (κ3) is 7.07. The maximum atomic E-state index is 13.0. The Morgan fingerprint density at radius 1 is 0.903 bits per heavy atom. The molecule has 2 aromatic carbocycles. The van der Waals surface area contributed by atoms with Crippen LogP contribution in [-0.4, -0.2) is 16.8 Å². The number of aromatic nitrogens is 1. The lowest BCUT2D eigenvalue weighted by Gasteiger charge is -2.24. The van der Waals surface area contributed by atoms with E-state index < -0.39 is 0 Å². The van der Waals surface area contributed by atoms with Gasteiger partial charge in [-0.1, -0.05) is 56.3 Å². The monoisotopic (exact) mass is 415 g/mol. The summed E-state index contributed by atoms with van der Waals surface area (Å²) in [6, 6.07) is 21.4. The van der Waals surface area contributed by atoms with Crippen molar-refractivity contribution in [3.05, 3.63) is 95.8 Å². The highest BCUT2D eigenvalue weighted by Crippen LogP contribution is 2.22. The lowest BCUT2D eigenvalue weighted by molar-refractivity contribution is -0.120. The summed E-state index contributed by atoms with van der Waals surface area (Å²) in [4.78, 5) is 31.2. The van der Waals surface area contributed by atoms with Gasteiger partial charge in [-0.2, -0.15) is 0 Å². The number of hydrogen-bond acceptors (Lipinski definition) is 3. The molecule has 5 heteroatoms. The molecule has 160 valence electrons. The van der Waals surface area contributed by atoms with Gasteiger partial charge in [-0.25, -0.2) is 0 Å². The summed E-state index contributed by atoms with van der Waals surface area (Å²) >= 11 is 0. The molecule has 0 atom stereocenters. The zero-order valence-corrected chi connectivity index (χ0v) is 18.1. The molecule has 0 aliphatic heterocycles. The SMILES string of the molecule is CC(C)CC(=O)N(Cc1ccccc1)c1cccc(CC(=O)NCc2ccncc2)c1. The smallest absolute Gasteiger partial charge is 0.227 e. The minimum Gasteiger partial charge on any atom is -0.352 e. The highest BCUT2D eigenvalue weighted by Gasteiger charge is 2.18. The number of rotatable bonds is 9. The van der Waals surface area contributed by atoms with Crippen LogP contribution < -0.4 is 10.2 Å². The molecule has 0 spiro atoms. The van der Waals surface area contributed by atoms with Gasteiger partial charge in [-0.15, -0.1) is 0 Å². The summed E-state index contributed by atoms with van der Waals surface area (Å²) in [6.45, 7) is 5.06. The second-order valence-electron chi connectivity index (χ2n) is 8.04. The molecule has 1 heterocycles. The summed E-state index contributed by atoms with van der Waals surface area (Å²) in [5.74, 6) is 0.295. The van der Waals surface area contributed by atoms with Crippen molar-refractivity contribution >= 4 is 17.5 Å². The number of nitrogens with zero attached hydrogens (tertiary/aromatic N) is 2. The van der Waals surface area contributed by atoms with Gasteiger partial charge in [0.05, 0.1) is 13.0 Å².